The maximum absolute atomic E-state index is 12.0. The maximum Gasteiger partial charge on any atom is 0.225 e. The number of carbonyl (C=O) groups is 1. The Balaban J connectivity index is 2.77. The number of aromatic nitrogens is 2. The first-order valence-electron chi connectivity index (χ1n) is 6.13. The summed E-state index contributed by atoms with van der Waals surface area (Å²) in [6, 6.07) is 0. The second kappa shape index (κ2) is 5.10. The topological polar surface area (TPSA) is 67.2 Å². The molecule has 102 valence electrons. The molecule has 5 nitrogen and oxygen atoms in total. The van der Waals surface area contributed by atoms with Gasteiger partial charge in [0.1, 0.15) is 0 Å². The van der Waals surface area contributed by atoms with Crippen LogP contribution >= 0.6 is 0 Å². The number of rotatable bonds is 4. The zero-order valence-electron chi connectivity index (χ0n) is 12.0. The lowest BCUT2D eigenvalue weighted by Gasteiger charge is -2.29. The SMILES string of the molecule is Cc1nn(C)c(C)c1CC(=O)NC(C)(C)C(C)O. The molecule has 1 amide bonds. The Hall–Kier alpha value is -1.36. The average molecular weight is 253 g/mol. The van der Waals surface area contributed by atoms with Crippen molar-refractivity contribution >= 4 is 5.91 Å². The number of nitrogens with one attached hydrogen (secondary N) is 1. The number of hydrogen-bond acceptors (Lipinski definition) is 3. The summed E-state index contributed by atoms with van der Waals surface area (Å²) >= 11 is 0. The fourth-order valence-corrected chi connectivity index (χ4v) is 1.74. The van der Waals surface area contributed by atoms with E-state index in [1.807, 2.05) is 20.9 Å². The molecule has 1 aromatic rings. The molecule has 0 spiro atoms. The van der Waals surface area contributed by atoms with Crippen molar-refractivity contribution in [2.45, 2.75) is 52.7 Å². The van der Waals surface area contributed by atoms with Crippen LogP contribution in [0.5, 0.6) is 0 Å². The smallest absolute Gasteiger partial charge is 0.225 e. The zero-order chi connectivity index (χ0) is 14.1. The van der Waals surface area contributed by atoms with Crippen LogP contribution < -0.4 is 5.32 Å². The van der Waals surface area contributed by atoms with Gasteiger partial charge in [0.2, 0.25) is 5.91 Å². The molecule has 1 rings (SSSR count). The minimum Gasteiger partial charge on any atom is -0.391 e. The highest BCUT2D eigenvalue weighted by atomic mass is 16.3. The third-order valence-corrected chi connectivity index (χ3v) is 3.50. The maximum atomic E-state index is 12.0. The lowest BCUT2D eigenvalue weighted by molar-refractivity contribution is -0.123. The fraction of sp³-hybridized carbons (Fsp3) is 0.692. The molecule has 0 aliphatic heterocycles. The highest BCUT2D eigenvalue weighted by Crippen LogP contribution is 2.14. The third kappa shape index (κ3) is 3.10. The summed E-state index contributed by atoms with van der Waals surface area (Å²) in [5.74, 6) is -0.0971. The van der Waals surface area contributed by atoms with Crippen LogP contribution in [0.2, 0.25) is 0 Å². The van der Waals surface area contributed by atoms with Crippen molar-refractivity contribution in [3.8, 4) is 0 Å². The molecule has 1 unspecified atom stereocenters. The number of carbonyl (C=O) groups excluding carboxylic acids is 1. The van der Waals surface area contributed by atoms with E-state index in [1.165, 1.54) is 0 Å². The summed E-state index contributed by atoms with van der Waals surface area (Å²) in [5.41, 5.74) is 2.20. The van der Waals surface area contributed by atoms with E-state index in [4.69, 9.17) is 0 Å². The molecule has 0 aliphatic rings. The van der Waals surface area contributed by atoms with Crippen LogP contribution in [-0.2, 0) is 18.3 Å². The Kier molecular flexibility index (Phi) is 4.16. The largest absolute Gasteiger partial charge is 0.391 e. The molecular formula is C13H23N3O2. The molecule has 0 aromatic carbocycles. The van der Waals surface area contributed by atoms with Gasteiger partial charge in [-0.25, -0.2) is 0 Å². The second-order valence-corrected chi connectivity index (χ2v) is 5.40. The first-order chi connectivity index (χ1) is 8.15. The highest BCUT2D eigenvalue weighted by molar-refractivity contribution is 5.79. The third-order valence-electron chi connectivity index (χ3n) is 3.50. The van der Waals surface area contributed by atoms with Crippen LogP contribution in [0.1, 0.15) is 37.7 Å². The van der Waals surface area contributed by atoms with Gasteiger partial charge in [0.15, 0.2) is 0 Å². The Morgan fingerprint density at radius 3 is 2.44 bits per heavy atom. The minimum absolute atomic E-state index is 0.0971. The van der Waals surface area contributed by atoms with E-state index in [0.717, 1.165) is 17.0 Å². The van der Waals surface area contributed by atoms with Crippen LogP contribution in [0.4, 0.5) is 0 Å². The van der Waals surface area contributed by atoms with Crippen molar-refractivity contribution in [3.63, 3.8) is 0 Å². The van der Waals surface area contributed by atoms with E-state index in [2.05, 4.69) is 10.4 Å². The van der Waals surface area contributed by atoms with E-state index in [1.54, 1.807) is 25.5 Å². The molecule has 0 radical (unpaired) electrons. The van der Waals surface area contributed by atoms with Crippen molar-refractivity contribution in [2.24, 2.45) is 7.05 Å². The molecule has 0 aliphatic carbocycles. The minimum atomic E-state index is -0.624. The Labute approximate surface area is 108 Å². The van der Waals surface area contributed by atoms with Gasteiger partial charge in [-0.15, -0.1) is 0 Å². The van der Waals surface area contributed by atoms with Gasteiger partial charge in [0.25, 0.3) is 0 Å². The van der Waals surface area contributed by atoms with Gasteiger partial charge < -0.3 is 10.4 Å². The van der Waals surface area contributed by atoms with Gasteiger partial charge in [-0.3, -0.25) is 9.48 Å². The van der Waals surface area contributed by atoms with E-state index < -0.39 is 11.6 Å². The number of aryl methyl sites for hydroxylation is 2. The Bertz CT molecular complexity index is 447. The van der Waals surface area contributed by atoms with Crippen LogP contribution in [0.3, 0.4) is 0 Å². The molecule has 0 bridgehead atoms. The summed E-state index contributed by atoms with van der Waals surface area (Å²) in [4.78, 5) is 12.0. The van der Waals surface area contributed by atoms with Crippen LogP contribution in [0, 0.1) is 13.8 Å². The van der Waals surface area contributed by atoms with Crippen LogP contribution in [-0.4, -0.2) is 32.4 Å². The number of aliphatic hydroxyl groups excluding tert-OH is 1. The van der Waals surface area contributed by atoms with Crippen molar-refractivity contribution < 1.29 is 9.90 Å². The van der Waals surface area contributed by atoms with Crippen molar-refractivity contribution in [2.75, 3.05) is 0 Å². The number of hydrogen-bond donors (Lipinski definition) is 2. The van der Waals surface area contributed by atoms with E-state index >= 15 is 0 Å². The number of amides is 1. The summed E-state index contributed by atoms with van der Waals surface area (Å²) < 4.78 is 1.78. The second-order valence-electron chi connectivity index (χ2n) is 5.40. The van der Waals surface area contributed by atoms with Crippen LogP contribution in [0.25, 0.3) is 0 Å². The summed E-state index contributed by atoms with van der Waals surface area (Å²) in [5, 5.41) is 16.7. The van der Waals surface area contributed by atoms with Gasteiger partial charge in [-0.2, -0.15) is 5.10 Å². The predicted molar refractivity (Wildman–Crippen MR) is 70.3 cm³/mol. The monoisotopic (exact) mass is 253 g/mol. The fourth-order valence-electron chi connectivity index (χ4n) is 1.74. The lowest BCUT2D eigenvalue weighted by Crippen LogP contribution is -2.51. The van der Waals surface area contributed by atoms with Gasteiger partial charge in [-0.05, 0) is 34.6 Å². The molecule has 2 N–H and O–H groups in total. The average Bonchev–Trinajstić information content (AvgIpc) is 2.44. The van der Waals surface area contributed by atoms with Gasteiger partial charge in [0.05, 0.1) is 23.8 Å². The molecule has 0 fully saturated rings. The molecule has 1 atom stereocenters. The summed E-state index contributed by atoms with van der Waals surface area (Å²) in [7, 11) is 1.86. The molecule has 1 aromatic heterocycles. The molecule has 0 saturated carbocycles. The van der Waals surface area contributed by atoms with Crippen molar-refractivity contribution in [1.29, 1.82) is 0 Å². The Morgan fingerprint density at radius 2 is 2.06 bits per heavy atom. The number of nitrogens with zero attached hydrogens (tertiary/aromatic N) is 2. The van der Waals surface area contributed by atoms with E-state index in [-0.39, 0.29) is 5.91 Å². The van der Waals surface area contributed by atoms with Gasteiger partial charge >= 0.3 is 0 Å². The number of aliphatic hydroxyl groups is 1. The van der Waals surface area contributed by atoms with Crippen molar-refractivity contribution in [1.82, 2.24) is 15.1 Å². The molecule has 1 heterocycles. The van der Waals surface area contributed by atoms with E-state index in [9.17, 15) is 9.90 Å². The Morgan fingerprint density at radius 1 is 1.50 bits per heavy atom. The van der Waals surface area contributed by atoms with Crippen molar-refractivity contribution in [3.05, 3.63) is 17.0 Å². The lowest BCUT2D eigenvalue weighted by atomic mass is 9.98. The molecular weight excluding hydrogens is 230 g/mol. The van der Waals surface area contributed by atoms with Gasteiger partial charge in [-0.1, -0.05) is 0 Å². The normalized spacial score (nSPS) is 13.5. The molecule has 18 heavy (non-hydrogen) atoms. The highest BCUT2D eigenvalue weighted by Gasteiger charge is 2.26. The predicted octanol–water partition coefficient (Wildman–Crippen LogP) is 0.855. The first kappa shape index (κ1) is 14.7. The molecule has 5 heteroatoms. The zero-order valence-corrected chi connectivity index (χ0v) is 12.0. The summed E-state index contributed by atoms with van der Waals surface area (Å²) in [6.45, 7) is 9.12. The first-order valence-corrected chi connectivity index (χ1v) is 6.13. The quantitative estimate of drug-likeness (QED) is 0.836. The summed E-state index contributed by atoms with van der Waals surface area (Å²) in [6.07, 6.45) is -0.306. The molecule has 0 saturated heterocycles. The van der Waals surface area contributed by atoms with Gasteiger partial charge in [0, 0.05) is 18.3 Å². The standard InChI is InChI=1S/C13H23N3O2/c1-8-11(9(2)16(6)15-8)7-12(18)14-13(4,5)10(3)17/h10,17H,7H2,1-6H3,(H,14,18). The van der Waals surface area contributed by atoms with Crippen LogP contribution in [0.15, 0.2) is 0 Å². The van der Waals surface area contributed by atoms with E-state index in [0.29, 0.717) is 6.42 Å².